The molecule has 1 rings (SSSR count). The molecule has 0 aliphatic carbocycles. The topological polar surface area (TPSA) is 41.1 Å². The number of nitrogens with one attached hydrogen (secondary N) is 2. The molecular weight excluding hydrogens is 284 g/mol. The number of aryl methyl sites for hydroxylation is 1. The predicted molar refractivity (Wildman–Crippen MR) is 91.3 cm³/mol. The highest BCUT2D eigenvalue weighted by molar-refractivity contribution is 6.18. The van der Waals surface area contributed by atoms with Crippen LogP contribution in [0.1, 0.15) is 51.0 Å². The first-order valence-electron chi connectivity index (χ1n) is 7.96. The zero-order valence-corrected chi connectivity index (χ0v) is 13.7. The Morgan fingerprint density at radius 1 is 1.05 bits per heavy atom. The minimum absolute atomic E-state index is 0.209. The highest BCUT2D eigenvalue weighted by Crippen LogP contribution is 2.13. The zero-order valence-electron chi connectivity index (χ0n) is 13.0. The van der Waals surface area contributed by atoms with E-state index in [0.717, 1.165) is 12.1 Å². The number of carbonyl (C=O) groups excluding carboxylic acids is 1. The maximum atomic E-state index is 11.5. The van der Waals surface area contributed by atoms with Gasteiger partial charge in [-0.05, 0) is 30.5 Å². The number of benzene rings is 1. The van der Waals surface area contributed by atoms with Crippen LogP contribution < -0.4 is 10.6 Å². The maximum absolute atomic E-state index is 11.5. The van der Waals surface area contributed by atoms with Gasteiger partial charge >= 0.3 is 6.03 Å². The third-order valence-corrected chi connectivity index (χ3v) is 3.60. The minimum Gasteiger partial charge on any atom is -0.337 e. The summed E-state index contributed by atoms with van der Waals surface area (Å²) in [5.41, 5.74) is 2.14. The van der Waals surface area contributed by atoms with Gasteiger partial charge in [0.25, 0.3) is 0 Å². The first-order valence-corrected chi connectivity index (χ1v) is 8.49. The van der Waals surface area contributed by atoms with E-state index in [1.807, 2.05) is 12.1 Å². The van der Waals surface area contributed by atoms with Crippen molar-refractivity contribution in [1.82, 2.24) is 5.32 Å². The molecule has 0 heterocycles. The summed E-state index contributed by atoms with van der Waals surface area (Å²) in [6.45, 7) is 2.72. The lowest BCUT2D eigenvalue weighted by atomic mass is 10.0. The zero-order chi connectivity index (χ0) is 15.3. The summed E-state index contributed by atoms with van der Waals surface area (Å²) >= 11 is 5.52. The van der Waals surface area contributed by atoms with Crippen LogP contribution in [-0.4, -0.2) is 18.5 Å². The van der Waals surface area contributed by atoms with E-state index >= 15 is 0 Å². The molecule has 0 saturated carbocycles. The number of rotatable bonds is 10. The van der Waals surface area contributed by atoms with Gasteiger partial charge in [0.1, 0.15) is 0 Å². The number of urea groups is 1. The Hall–Kier alpha value is -1.22. The summed E-state index contributed by atoms with van der Waals surface area (Å²) in [6, 6.07) is 7.87. The average molecular weight is 311 g/mol. The highest BCUT2D eigenvalue weighted by Gasteiger charge is 2.00. The lowest BCUT2D eigenvalue weighted by Crippen LogP contribution is -2.30. The van der Waals surface area contributed by atoms with Crippen molar-refractivity contribution in [3.8, 4) is 0 Å². The van der Waals surface area contributed by atoms with Crippen molar-refractivity contribution < 1.29 is 4.79 Å². The molecule has 1 aromatic carbocycles. The molecule has 0 spiro atoms. The molecule has 21 heavy (non-hydrogen) atoms. The predicted octanol–water partition coefficient (Wildman–Crippen LogP) is 4.95. The number of amides is 2. The standard InChI is InChI=1S/C17H27ClN2O/c1-2-3-4-5-6-7-8-15-9-11-16(12-10-15)20-17(21)19-14-13-18/h9-12H,2-8,13-14H2,1H3,(H2,19,20,21). The van der Waals surface area contributed by atoms with Crippen molar-refractivity contribution >= 4 is 23.3 Å². The van der Waals surface area contributed by atoms with E-state index in [9.17, 15) is 4.79 Å². The third-order valence-electron chi connectivity index (χ3n) is 3.41. The van der Waals surface area contributed by atoms with Gasteiger partial charge in [0.15, 0.2) is 0 Å². The summed E-state index contributed by atoms with van der Waals surface area (Å²) in [7, 11) is 0. The van der Waals surface area contributed by atoms with Crippen molar-refractivity contribution in [3.63, 3.8) is 0 Å². The molecule has 0 aliphatic rings. The Labute approximate surface area is 133 Å². The first kappa shape index (κ1) is 17.8. The summed E-state index contributed by atoms with van der Waals surface area (Å²) in [5, 5.41) is 5.46. The van der Waals surface area contributed by atoms with Gasteiger partial charge in [-0.25, -0.2) is 4.79 Å². The summed E-state index contributed by atoms with van der Waals surface area (Å²) < 4.78 is 0. The fourth-order valence-corrected chi connectivity index (χ4v) is 2.29. The quantitative estimate of drug-likeness (QED) is 0.466. The van der Waals surface area contributed by atoms with Crippen molar-refractivity contribution in [3.05, 3.63) is 29.8 Å². The van der Waals surface area contributed by atoms with Crippen LogP contribution in [-0.2, 0) is 6.42 Å². The number of halogens is 1. The van der Waals surface area contributed by atoms with Gasteiger partial charge < -0.3 is 10.6 Å². The summed E-state index contributed by atoms with van der Waals surface area (Å²) in [5.74, 6) is 0.421. The largest absolute Gasteiger partial charge is 0.337 e. The average Bonchev–Trinajstić information content (AvgIpc) is 2.50. The highest BCUT2D eigenvalue weighted by atomic mass is 35.5. The number of unbranched alkanes of at least 4 members (excludes halogenated alkanes) is 5. The number of anilines is 1. The molecule has 4 heteroatoms. The van der Waals surface area contributed by atoms with Gasteiger partial charge in [0.05, 0.1) is 0 Å². The lowest BCUT2D eigenvalue weighted by Gasteiger charge is -2.07. The third kappa shape index (κ3) is 8.61. The second kappa shape index (κ2) is 11.4. The van der Waals surface area contributed by atoms with Gasteiger partial charge in [-0.2, -0.15) is 0 Å². The van der Waals surface area contributed by atoms with E-state index in [4.69, 9.17) is 11.6 Å². The van der Waals surface area contributed by atoms with Crippen molar-refractivity contribution in [2.45, 2.75) is 51.9 Å². The summed E-state index contributed by atoms with van der Waals surface area (Å²) in [4.78, 5) is 11.5. The second-order valence-electron chi connectivity index (χ2n) is 5.28. The molecule has 0 saturated heterocycles. The van der Waals surface area contributed by atoms with Crippen molar-refractivity contribution in [2.24, 2.45) is 0 Å². The van der Waals surface area contributed by atoms with Gasteiger partial charge in [-0.1, -0.05) is 51.2 Å². The van der Waals surface area contributed by atoms with Gasteiger partial charge in [-0.15, -0.1) is 11.6 Å². The molecular formula is C17H27ClN2O. The van der Waals surface area contributed by atoms with E-state index in [2.05, 4.69) is 29.7 Å². The van der Waals surface area contributed by atoms with Crippen LogP contribution in [0.5, 0.6) is 0 Å². The molecule has 0 radical (unpaired) electrons. The number of hydrogen-bond donors (Lipinski definition) is 2. The van der Waals surface area contributed by atoms with Gasteiger partial charge in [-0.3, -0.25) is 0 Å². The van der Waals surface area contributed by atoms with E-state index in [-0.39, 0.29) is 6.03 Å². The Kier molecular flexibility index (Phi) is 9.71. The minimum atomic E-state index is -0.209. The van der Waals surface area contributed by atoms with Crippen LogP contribution in [0.15, 0.2) is 24.3 Å². The Morgan fingerprint density at radius 3 is 2.38 bits per heavy atom. The van der Waals surface area contributed by atoms with Crippen LogP contribution in [0.25, 0.3) is 0 Å². The van der Waals surface area contributed by atoms with Crippen LogP contribution in [0, 0.1) is 0 Å². The smallest absolute Gasteiger partial charge is 0.319 e. The Morgan fingerprint density at radius 2 is 1.71 bits per heavy atom. The Balaban J connectivity index is 2.22. The fraction of sp³-hybridized carbons (Fsp3) is 0.588. The van der Waals surface area contributed by atoms with Crippen LogP contribution in [0.3, 0.4) is 0 Å². The molecule has 2 N–H and O–H groups in total. The van der Waals surface area contributed by atoms with Crippen molar-refractivity contribution in [2.75, 3.05) is 17.7 Å². The summed E-state index contributed by atoms with van der Waals surface area (Å²) in [6.07, 6.45) is 9.02. The van der Waals surface area contributed by atoms with E-state index in [1.54, 1.807) is 0 Å². The van der Waals surface area contributed by atoms with E-state index in [0.29, 0.717) is 12.4 Å². The van der Waals surface area contributed by atoms with Gasteiger partial charge in [0, 0.05) is 18.1 Å². The van der Waals surface area contributed by atoms with Gasteiger partial charge in [0.2, 0.25) is 0 Å². The SMILES string of the molecule is CCCCCCCCc1ccc(NC(=O)NCCCl)cc1. The number of carbonyl (C=O) groups is 1. The molecule has 0 bridgehead atoms. The molecule has 3 nitrogen and oxygen atoms in total. The first-order chi connectivity index (χ1) is 10.3. The Bertz CT molecular complexity index is 392. The fourth-order valence-electron chi connectivity index (χ4n) is 2.20. The molecule has 0 fully saturated rings. The molecule has 0 aromatic heterocycles. The molecule has 2 amide bonds. The molecule has 1 aromatic rings. The van der Waals surface area contributed by atoms with Crippen LogP contribution in [0.4, 0.5) is 10.5 Å². The van der Waals surface area contributed by atoms with E-state index < -0.39 is 0 Å². The molecule has 118 valence electrons. The second-order valence-corrected chi connectivity index (χ2v) is 5.66. The lowest BCUT2D eigenvalue weighted by molar-refractivity contribution is 0.252. The van der Waals surface area contributed by atoms with Crippen LogP contribution >= 0.6 is 11.6 Å². The van der Waals surface area contributed by atoms with E-state index in [1.165, 1.54) is 44.1 Å². The van der Waals surface area contributed by atoms with Crippen molar-refractivity contribution in [1.29, 1.82) is 0 Å². The molecule has 0 unspecified atom stereocenters. The number of alkyl halides is 1. The monoisotopic (exact) mass is 310 g/mol. The molecule has 0 aliphatic heterocycles. The van der Waals surface area contributed by atoms with Crippen LogP contribution in [0.2, 0.25) is 0 Å². The molecule has 0 atom stereocenters. The maximum Gasteiger partial charge on any atom is 0.319 e. The number of hydrogen-bond acceptors (Lipinski definition) is 1. The normalized spacial score (nSPS) is 10.4.